The average Bonchev–Trinajstić information content (AvgIpc) is 2.68. The summed E-state index contributed by atoms with van der Waals surface area (Å²) in [7, 11) is 3.35. The van der Waals surface area contributed by atoms with Crippen molar-refractivity contribution in [3.8, 4) is 5.75 Å². The van der Waals surface area contributed by atoms with Crippen molar-refractivity contribution in [3.63, 3.8) is 0 Å². The van der Waals surface area contributed by atoms with Gasteiger partial charge in [0, 0.05) is 13.0 Å². The second-order valence-corrected chi connectivity index (χ2v) is 8.33. The fraction of sp³-hybridized carbons (Fsp3) is 0.625. The number of hydrogen-bond donors (Lipinski definition) is 0. The van der Waals surface area contributed by atoms with Crippen molar-refractivity contribution in [2.45, 2.75) is 65.8 Å². The fourth-order valence-electron chi connectivity index (χ4n) is 3.91. The van der Waals surface area contributed by atoms with Gasteiger partial charge in [0.15, 0.2) is 0 Å². The van der Waals surface area contributed by atoms with Gasteiger partial charge in [-0.3, -0.25) is 4.79 Å². The predicted molar refractivity (Wildman–Crippen MR) is 112 cm³/mol. The quantitative estimate of drug-likeness (QED) is 0.545. The lowest BCUT2D eigenvalue weighted by molar-refractivity contribution is -0.150. The molecule has 1 aliphatic rings. The van der Waals surface area contributed by atoms with Gasteiger partial charge < -0.3 is 14.2 Å². The van der Waals surface area contributed by atoms with Crippen LogP contribution in [0.5, 0.6) is 5.75 Å². The van der Waals surface area contributed by atoms with Crippen LogP contribution in [0.15, 0.2) is 35.9 Å². The maximum absolute atomic E-state index is 12.9. The van der Waals surface area contributed by atoms with Crippen molar-refractivity contribution in [1.82, 2.24) is 0 Å². The topological polar surface area (TPSA) is 44.8 Å². The molecule has 1 aliphatic carbocycles. The molecule has 0 heterocycles. The van der Waals surface area contributed by atoms with Crippen LogP contribution in [-0.2, 0) is 20.9 Å². The molecular weight excluding hydrogens is 352 g/mol. The third-order valence-electron chi connectivity index (χ3n) is 5.67. The van der Waals surface area contributed by atoms with E-state index in [1.54, 1.807) is 14.2 Å². The first-order valence-electron chi connectivity index (χ1n) is 10.3. The molecule has 0 bridgehead atoms. The fourth-order valence-corrected chi connectivity index (χ4v) is 3.91. The van der Waals surface area contributed by atoms with Crippen LogP contribution in [0, 0.1) is 17.8 Å². The van der Waals surface area contributed by atoms with Crippen LogP contribution in [0.2, 0.25) is 0 Å². The van der Waals surface area contributed by atoms with E-state index in [0.717, 1.165) is 29.7 Å². The van der Waals surface area contributed by atoms with Crippen molar-refractivity contribution in [2.75, 3.05) is 14.2 Å². The highest BCUT2D eigenvalue weighted by molar-refractivity contribution is 5.87. The van der Waals surface area contributed by atoms with Gasteiger partial charge in [0.25, 0.3) is 0 Å². The van der Waals surface area contributed by atoms with Crippen molar-refractivity contribution < 1.29 is 19.0 Å². The average molecular weight is 389 g/mol. The Bertz CT molecular complexity index is 647. The van der Waals surface area contributed by atoms with Gasteiger partial charge in [0.05, 0.1) is 31.8 Å². The molecule has 4 heteroatoms. The van der Waals surface area contributed by atoms with Crippen LogP contribution < -0.4 is 4.74 Å². The lowest BCUT2D eigenvalue weighted by Crippen LogP contribution is -2.49. The van der Waals surface area contributed by atoms with Crippen molar-refractivity contribution in [1.29, 1.82) is 0 Å². The molecule has 4 nitrogen and oxygen atoms in total. The molecule has 1 fully saturated rings. The van der Waals surface area contributed by atoms with E-state index in [2.05, 4.69) is 26.8 Å². The largest absolute Gasteiger partial charge is 0.497 e. The molecule has 0 aromatic heterocycles. The van der Waals surface area contributed by atoms with E-state index in [1.165, 1.54) is 0 Å². The van der Waals surface area contributed by atoms with Crippen molar-refractivity contribution in [3.05, 3.63) is 41.5 Å². The Morgan fingerprint density at radius 2 is 1.89 bits per heavy atom. The second kappa shape index (κ2) is 10.8. The first kappa shape index (κ1) is 22.6. The van der Waals surface area contributed by atoms with Gasteiger partial charge in [-0.15, -0.1) is 0 Å². The van der Waals surface area contributed by atoms with E-state index in [4.69, 9.17) is 14.2 Å². The maximum atomic E-state index is 12.9. The minimum Gasteiger partial charge on any atom is -0.497 e. The third kappa shape index (κ3) is 5.92. The van der Waals surface area contributed by atoms with Gasteiger partial charge >= 0.3 is 0 Å². The van der Waals surface area contributed by atoms with Crippen LogP contribution in [0.3, 0.4) is 0 Å². The zero-order valence-corrected chi connectivity index (χ0v) is 18.2. The number of hydrogen-bond acceptors (Lipinski definition) is 4. The number of Topliss-reactive ketones (excluding diaryl/α,β-unsaturated/α-hetero) is 1. The number of ether oxygens (including phenoxy) is 3. The Balaban J connectivity index is 2.09. The van der Waals surface area contributed by atoms with E-state index < -0.39 is 0 Å². The van der Waals surface area contributed by atoms with Crippen LogP contribution in [0.25, 0.3) is 0 Å². The van der Waals surface area contributed by atoms with Crippen LogP contribution >= 0.6 is 0 Å². The standard InChI is InChI=1S/C24H36O4/c1-16(2)8-7-9-17(3)22-23(25)18(4)14-21(24(22)27-6)28-15-19-10-12-20(26-5)13-11-19/h9-13,16,18,21-22,24H,7-8,14-15H2,1-6H3/b17-9+/t18-,21+,22+,24+/m0/s1. The van der Waals surface area contributed by atoms with Gasteiger partial charge in [-0.2, -0.15) is 0 Å². The number of allylic oxidation sites excluding steroid dienone is 1. The summed E-state index contributed by atoms with van der Waals surface area (Å²) in [4.78, 5) is 12.9. The Labute approximate surface area is 170 Å². The smallest absolute Gasteiger partial charge is 0.145 e. The number of carbonyl (C=O) groups is 1. The molecular formula is C24H36O4. The SMILES string of the molecule is COc1ccc(CO[C@@H]2C[C@H](C)C(=O)[C@@H](/C(C)=C/CCC(C)C)[C@@H]2OC)cc1. The molecule has 2 rings (SSSR count). The second-order valence-electron chi connectivity index (χ2n) is 8.33. The third-order valence-corrected chi connectivity index (χ3v) is 5.67. The van der Waals surface area contributed by atoms with Crippen molar-refractivity contribution in [2.24, 2.45) is 17.8 Å². The van der Waals surface area contributed by atoms with Gasteiger partial charge in [0.1, 0.15) is 11.5 Å². The first-order chi connectivity index (χ1) is 13.4. The number of methoxy groups -OCH3 is 2. The highest BCUT2D eigenvalue weighted by atomic mass is 16.5. The monoisotopic (exact) mass is 388 g/mol. The number of ketones is 1. The summed E-state index contributed by atoms with van der Waals surface area (Å²) in [6.07, 6.45) is 4.70. The Kier molecular flexibility index (Phi) is 8.71. The van der Waals surface area contributed by atoms with Gasteiger partial charge in [-0.1, -0.05) is 44.6 Å². The molecule has 0 aliphatic heterocycles. The zero-order valence-electron chi connectivity index (χ0n) is 18.2. The number of carbonyl (C=O) groups excluding carboxylic acids is 1. The molecule has 1 saturated carbocycles. The molecule has 0 amide bonds. The van der Waals surface area contributed by atoms with E-state index in [-0.39, 0.29) is 29.8 Å². The predicted octanol–water partition coefficient (Wildman–Crippen LogP) is 5.20. The van der Waals surface area contributed by atoms with Crippen molar-refractivity contribution >= 4 is 5.78 Å². The van der Waals surface area contributed by atoms with E-state index in [9.17, 15) is 4.79 Å². The van der Waals surface area contributed by atoms with Gasteiger partial charge in [-0.05, 0) is 49.8 Å². The van der Waals surface area contributed by atoms with E-state index in [1.807, 2.05) is 31.2 Å². The van der Waals surface area contributed by atoms with E-state index in [0.29, 0.717) is 18.9 Å². The van der Waals surface area contributed by atoms with Gasteiger partial charge in [-0.25, -0.2) is 0 Å². The molecule has 28 heavy (non-hydrogen) atoms. The molecule has 0 spiro atoms. The molecule has 0 N–H and O–H groups in total. The van der Waals surface area contributed by atoms with Crippen LogP contribution in [0.1, 0.15) is 52.5 Å². The normalized spacial score (nSPS) is 26.0. The molecule has 1 aromatic rings. The highest BCUT2D eigenvalue weighted by Crippen LogP contribution is 2.35. The van der Waals surface area contributed by atoms with Gasteiger partial charge in [0.2, 0.25) is 0 Å². The summed E-state index contributed by atoms with van der Waals surface area (Å²) in [6.45, 7) is 9.01. The highest BCUT2D eigenvalue weighted by Gasteiger charge is 2.43. The first-order valence-corrected chi connectivity index (χ1v) is 10.3. The molecule has 0 radical (unpaired) electrons. The van der Waals surface area contributed by atoms with Crippen LogP contribution in [0.4, 0.5) is 0 Å². The maximum Gasteiger partial charge on any atom is 0.145 e. The summed E-state index contributed by atoms with van der Waals surface area (Å²) in [5.74, 6) is 1.52. The minimum absolute atomic E-state index is 0.0225. The summed E-state index contributed by atoms with van der Waals surface area (Å²) in [6, 6.07) is 7.88. The Hall–Kier alpha value is -1.65. The number of rotatable bonds is 9. The summed E-state index contributed by atoms with van der Waals surface area (Å²) in [5, 5.41) is 0. The lowest BCUT2D eigenvalue weighted by Gasteiger charge is -2.39. The Morgan fingerprint density at radius 3 is 2.46 bits per heavy atom. The zero-order chi connectivity index (χ0) is 20.7. The molecule has 0 unspecified atom stereocenters. The molecule has 156 valence electrons. The summed E-state index contributed by atoms with van der Waals surface area (Å²) in [5.41, 5.74) is 2.20. The molecule has 1 aromatic carbocycles. The van der Waals surface area contributed by atoms with E-state index >= 15 is 0 Å². The Morgan fingerprint density at radius 1 is 1.21 bits per heavy atom. The number of benzene rings is 1. The van der Waals surface area contributed by atoms with Crippen LogP contribution in [-0.4, -0.2) is 32.2 Å². The summed E-state index contributed by atoms with van der Waals surface area (Å²) >= 11 is 0. The molecule has 0 saturated heterocycles. The minimum atomic E-state index is -0.239. The summed E-state index contributed by atoms with van der Waals surface area (Å²) < 4.78 is 17.3. The molecule has 4 atom stereocenters. The lowest BCUT2D eigenvalue weighted by atomic mass is 9.73.